The normalized spacial score (nSPS) is 14.2. The summed E-state index contributed by atoms with van der Waals surface area (Å²) in [6, 6.07) is -0.922. The lowest BCUT2D eigenvalue weighted by molar-refractivity contribution is -0.152. The van der Waals surface area contributed by atoms with Gasteiger partial charge in [-0.3, -0.25) is 14.4 Å². The predicted octanol–water partition coefficient (Wildman–Crippen LogP) is 21.5. The van der Waals surface area contributed by atoms with Gasteiger partial charge < -0.3 is 28.8 Å². The summed E-state index contributed by atoms with van der Waals surface area (Å²) in [5, 5.41) is 16.9. The highest BCUT2D eigenvalue weighted by Crippen LogP contribution is 2.27. The van der Waals surface area contributed by atoms with E-state index in [4.69, 9.17) is 18.3 Å². The van der Waals surface area contributed by atoms with E-state index < -0.39 is 39.5 Å². The zero-order chi connectivity index (χ0) is 64.2. The Kier molecular flexibility index (Phi) is 67.7. The first-order valence-electron chi connectivity index (χ1n) is 37.6. The molecule has 0 aromatic heterocycles. The first kappa shape index (κ1) is 77.2. The quantitative estimate of drug-likeness (QED) is 0.0180. The van der Waals surface area contributed by atoms with Gasteiger partial charge in [0.2, 0.25) is 11.8 Å². The molecule has 2 unspecified atom stereocenters. The topological polar surface area (TPSA) is 123 Å². The summed E-state index contributed by atoms with van der Waals surface area (Å²) in [6.45, 7) is 11.6. The van der Waals surface area contributed by atoms with Crippen LogP contribution in [0.15, 0.2) is 0 Å². The van der Waals surface area contributed by atoms with E-state index in [0.717, 1.165) is 109 Å². The van der Waals surface area contributed by atoms with E-state index in [9.17, 15) is 19.5 Å². The number of hydrogen-bond donors (Lipinski definition) is 3. The van der Waals surface area contributed by atoms with E-state index in [-0.39, 0.29) is 31.0 Å². The minimum atomic E-state index is -1.46. The first-order chi connectivity index (χ1) is 42.5. The summed E-state index contributed by atoms with van der Waals surface area (Å²) >= 11 is 1.93. The van der Waals surface area contributed by atoms with Crippen LogP contribution < -0.4 is 10.6 Å². The summed E-state index contributed by atoms with van der Waals surface area (Å²) in [5.41, 5.74) is 0. The van der Waals surface area contributed by atoms with Crippen molar-refractivity contribution >= 4 is 71.4 Å². The van der Waals surface area contributed by atoms with Gasteiger partial charge in [0.25, 0.3) is 0 Å². The fraction of sp³-hybridized carbons (Fsp3) is 0.956. The number of esters is 1. The maximum Gasteiger partial charge on any atom is 0.306 e. The Morgan fingerprint density at radius 1 is 0.410 bits per heavy atom. The van der Waals surface area contributed by atoms with Gasteiger partial charge in [-0.15, -0.1) is 0 Å². The van der Waals surface area contributed by atoms with Gasteiger partial charge in [-0.1, -0.05) is 339 Å². The summed E-state index contributed by atoms with van der Waals surface area (Å²) in [5.74, 6) is -0.235. The number of amides is 2. The number of carbonyl (C=O) groups is 3. The molecule has 0 aromatic carbocycles. The van der Waals surface area contributed by atoms with E-state index in [1.54, 1.807) is 0 Å². The van der Waals surface area contributed by atoms with Gasteiger partial charge in [0, 0.05) is 42.6 Å². The van der Waals surface area contributed by atoms with Crippen LogP contribution >= 0.6 is 38.5 Å². The zero-order valence-corrected chi connectivity index (χ0v) is 58.6. The van der Waals surface area contributed by atoms with Gasteiger partial charge in [0.15, 0.2) is 0 Å². The smallest absolute Gasteiger partial charge is 0.306 e. The Bertz CT molecular complexity index is 1440. The molecule has 0 bridgehead atoms. The molecule has 2 amide bonds. The highest BCUT2D eigenvalue weighted by Gasteiger charge is 2.27. The van der Waals surface area contributed by atoms with Crippen LogP contribution in [-0.2, 0) is 27.5 Å². The van der Waals surface area contributed by atoms with Gasteiger partial charge in [-0.2, -0.15) is 0 Å². The first-order valence-corrected chi connectivity index (χ1v) is 40.2. The molecule has 0 aliphatic carbocycles. The fourth-order valence-electron chi connectivity index (χ4n) is 10.9. The molecule has 3 N–H and O–H groups in total. The summed E-state index contributed by atoms with van der Waals surface area (Å²) in [4.78, 5) is 38.8. The van der Waals surface area contributed by atoms with Gasteiger partial charge in [0.1, 0.15) is 21.2 Å². The number of hydrogen-bond acceptors (Lipinski definition) is 9. The molecule has 6 atom stereocenters. The molecule has 0 aliphatic heterocycles. The minimum Gasteiger partial charge on any atom is -0.460 e. The number of rotatable bonds is 69. The van der Waals surface area contributed by atoms with Crippen LogP contribution in [0.2, 0.25) is 0 Å². The second-order valence-corrected chi connectivity index (χ2v) is 27.6. The summed E-state index contributed by atoms with van der Waals surface area (Å²) in [6.07, 6.45) is 61.8. The molecule has 0 aromatic rings. The lowest BCUT2D eigenvalue weighted by atomic mass is 10.0. The molecule has 0 saturated heterocycles. The number of nitrogens with one attached hydrogen (secondary N) is 2. The number of ether oxygens (including phenoxy) is 1. The third-order valence-electron chi connectivity index (χ3n) is 16.3. The molecule has 0 fully saturated rings. The van der Waals surface area contributed by atoms with E-state index in [0.29, 0.717) is 32.1 Å². The largest absolute Gasteiger partial charge is 0.460 e. The molecule has 15 heteroatoms. The van der Waals surface area contributed by atoms with Gasteiger partial charge >= 0.3 is 5.97 Å². The van der Waals surface area contributed by atoms with Crippen LogP contribution in [0.5, 0.6) is 0 Å². The second kappa shape index (κ2) is 72.7. The van der Waals surface area contributed by atoms with Crippen LogP contribution in [0.3, 0.4) is 0 Å². The molecule has 0 aliphatic rings. The maximum absolute atomic E-state index is 13.2. The second-order valence-electron chi connectivity index (χ2n) is 24.3. The van der Waals surface area contributed by atoms with E-state index >= 15 is 0 Å². The monoisotopic (exact) mass is 1250 g/mol. The van der Waals surface area contributed by atoms with Crippen LogP contribution in [0.25, 0.3) is 0 Å². The molecule has 0 rings (SSSR count). The van der Waals surface area contributed by atoms with Crippen molar-refractivity contribution in [1.82, 2.24) is 10.6 Å². The summed E-state index contributed by atoms with van der Waals surface area (Å²) in [7, 11) is -0.711. The molecular weight excluding hydrogens is 1100 g/mol. The average molecular weight is 1250 g/mol. The Balaban J connectivity index is 0. The van der Waals surface area contributed by atoms with Crippen LogP contribution in [-0.4, -0.2) is 80.7 Å². The number of carbonyl (C=O) groups excluding carboxylic acids is 3. The molecule has 0 spiro atoms. The Morgan fingerprint density at radius 3 is 1.00 bits per heavy atom. The molecule has 83 heavy (non-hydrogen) atoms. The third kappa shape index (κ3) is 66.2. The van der Waals surface area contributed by atoms with Crippen molar-refractivity contribution in [3.63, 3.8) is 0 Å². The Hall–Kier alpha value is -0.0201. The lowest BCUT2D eigenvalue weighted by Gasteiger charge is -2.28. The van der Waals surface area contributed by atoms with E-state index in [2.05, 4.69) is 45.3 Å². The van der Waals surface area contributed by atoms with Crippen molar-refractivity contribution in [1.29, 1.82) is 5.23 Å². The van der Waals surface area contributed by atoms with E-state index in [1.165, 1.54) is 244 Å². The van der Waals surface area contributed by atoms with Crippen LogP contribution in [0, 0.1) is 0 Å². The summed E-state index contributed by atoms with van der Waals surface area (Å²) < 4.78 is 47.5. The van der Waals surface area contributed by atoms with Gasteiger partial charge in [-0.25, -0.2) is 0 Å². The third-order valence-corrected chi connectivity index (χ3v) is 18.1. The van der Waals surface area contributed by atoms with Crippen LogP contribution in [0.1, 0.15) is 381 Å². The average Bonchev–Trinajstić information content (AvgIpc) is 3.69. The SMILES string of the molecule is [2H]P([B][3H])SOC[C@H](NC(=O)CCCCCCCCCCCCC)[C@@H](CCCCCCCCCCC)OC(=O)CCCCCCCCCCC.[2H]P([B][3H])SOC[C@H](NC(=O)CCCCCCCCCCCCC)[C@H](O)CCCCCCCCCCC. The van der Waals surface area contributed by atoms with Crippen molar-refractivity contribution in [3.05, 3.63) is 0 Å². The molecule has 490 valence electrons. The predicted molar refractivity (Wildman–Crippen MR) is 375 cm³/mol. The molecular formula is C68H138B2N2O7P2S2. The molecule has 9 nitrogen and oxygen atoms in total. The van der Waals surface area contributed by atoms with Gasteiger partial charge in [-0.05, 0) is 41.2 Å². The molecule has 0 saturated carbocycles. The number of aliphatic hydroxyl groups excluding tert-OH is 1. The van der Waals surface area contributed by atoms with E-state index in [1.807, 2.05) is 0 Å². The highest BCUT2D eigenvalue weighted by atomic mass is 32.7. The lowest BCUT2D eigenvalue weighted by Crippen LogP contribution is -2.48. The Morgan fingerprint density at radius 2 is 0.675 bits per heavy atom. The van der Waals surface area contributed by atoms with Crippen molar-refractivity contribution in [2.45, 2.75) is 406 Å². The number of unbranched alkanes of at least 4 members (excludes halogenated alkanes) is 44. The fourth-order valence-corrected chi connectivity index (χ4v) is 12.2. The molecule has 2 radical (unpaired) electrons. The van der Waals surface area contributed by atoms with Gasteiger partial charge in [0.05, 0.1) is 34.0 Å². The van der Waals surface area contributed by atoms with Crippen molar-refractivity contribution < 1.29 is 32.6 Å². The van der Waals surface area contributed by atoms with Crippen molar-refractivity contribution in [2.24, 2.45) is 0 Å². The standard InChI is InChI=1S/C40H80BNO4PS.C28H58BNO3PS/c1-4-7-10-13-16-19-20-23-25-28-31-34-39(43)42-37(36-45-48-47-41)38(33-30-27-24-21-17-14-11-8-5-2)46-40(44)35-32-29-26-22-18-15-12-9-6-3;1-3-5-7-9-11-13-14-16-18-20-22-24-28(32)30-26(25-33-35-34-29)27(31)23-21-19-17-15-12-10-8-6-4-2/h37-38,41,47H,4-36H2,1-3H3,(H,42,43);26-27,29,31,34H,3-25H2,1-2H3,(H,30,32)/t37-,38+,47?;26-,27+,34?/m00/s1/i41T,47D;29T,34D. The van der Waals surface area contributed by atoms with Crippen LogP contribution in [0.4, 0.5) is 0 Å². The van der Waals surface area contributed by atoms with Crippen molar-refractivity contribution in [3.8, 4) is 0 Å². The molecule has 0 heterocycles. The Labute approximate surface area is 535 Å². The minimum absolute atomic E-state index is 0.0215. The zero-order valence-electron chi connectivity index (χ0n) is 59.2. The highest BCUT2D eigenvalue weighted by molar-refractivity contribution is 8.53. The number of aliphatic hydroxyl groups is 1. The maximum atomic E-state index is 13.2. The van der Waals surface area contributed by atoms with Crippen molar-refractivity contribution in [2.75, 3.05) is 13.2 Å².